The summed E-state index contributed by atoms with van der Waals surface area (Å²) >= 11 is 12.6. The van der Waals surface area contributed by atoms with Crippen LogP contribution in [0.1, 0.15) is 12.5 Å². The number of esters is 1. The molecule has 0 radical (unpaired) electrons. The van der Waals surface area contributed by atoms with Crippen LogP contribution in [0, 0.1) is 11.3 Å². The number of carbonyl (C=O) groups excluding carboxylic acids is 2. The number of nitrogens with two attached hydrogens (primary N) is 1. The van der Waals surface area contributed by atoms with Gasteiger partial charge in [0.1, 0.15) is 11.8 Å². The molecule has 32 heavy (non-hydrogen) atoms. The Morgan fingerprint density at radius 3 is 2.56 bits per heavy atom. The standard InChI is InChI=1S/C21H15Cl2N5O4/c1-2-11-5-6-26-17-4-3-13(9-14(11)17)31-19-15(22)7-12(8-16(19)23)27-28-18(10-24)20(29)32-21(25)30/h3-9,27H,2H2,1H3,(H2,25,30). The Labute approximate surface area is 192 Å². The highest BCUT2D eigenvalue weighted by Crippen LogP contribution is 2.39. The van der Waals surface area contributed by atoms with Crippen LogP contribution in [0.3, 0.4) is 0 Å². The summed E-state index contributed by atoms with van der Waals surface area (Å²) in [5, 5.41) is 13.8. The van der Waals surface area contributed by atoms with Gasteiger partial charge in [0.05, 0.1) is 21.2 Å². The summed E-state index contributed by atoms with van der Waals surface area (Å²) in [7, 11) is 0. The van der Waals surface area contributed by atoms with Crippen LogP contribution in [0.5, 0.6) is 11.5 Å². The van der Waals surface area contributed by atoms with Gasteiger partial charge in [-0.15, -0.1) is 0 Å². The summed E-state index contributed by atoms with van der Waals surface area (Å²) in [6, 6.07) is 11.7. The Hall–Kier alpha value is -3.87. The maximum Gasteiger partial charge on any atom is 0.412 e. The molecule has 3 N–H and O–H groups in total. The monoisotopic (exact) mass is 471 g/mol. The van der Waals surface area contributed by atoms with Gasteiger partial charge in [-0.05, 0) is 48.4 Å². The van der Waals surface area contributed by atoms with Crippen LogP contribution in [0.2, 0.25) is 10.0 Å². The van der Waals surface area contributed by atoms with Gasteiger partial charge in [0.2, 0.25) is 5.71 Å². The minimum Gasteiger partial charge on any atom is -0.454 e. The van der Waals surface area contributed by atoms with Crippen LogP contribution >= 0.6 is 23.2 Å². The van der Waals surface area contributed by atoms with E-state index >= 15 is 0 Å². The molecule has 0 fully saturated rings. The molecule has 0 spiro atoms. The zero-order chi connectivity index (χ0) is 23.3. The van der Waals surface area contributed by atoms with Gasteiger partial charge in [0.15, 0.2) is 5.75 Å². The number of aromatic nitrogens is 1. The van der Waals surface area contributed by atoms with Crippen LogP contribution in [0.25, 0.3) is 10.9 Å². The number of nitrogens with zero attached hydrogens (tertiary/aromatic N) is 3. The maximum atomic E-state index is 11.5. The van der Waals surface area contributed by atoms with Crippen molar-refractivity contribution in [2.75, 3.05) is 5.43 Å². The smallest absolute Gasteiger partial charge is 0.412 e. The van der Waals surface area contributed by atoms with E-state index in [9.17, 15) is 9.59 Å². The van der Waals surface area contributed by atoms with E-state index in [0.29, 0.717) is 5.75 Å². The molecule has 0 bridgehead atoms. The van der Waals surface area contributed by atoms with Crippen molar-refractivity contribution in [3.8, 4) is 17.6 Å². The lowest BCUT2D eigenvalue weighted by atomic mass is 10.1. The van der Waals surface area contributed by atoms with Crippen LogP contribution < -0.4 is 15.9 Å². The topological polar surface area (TPSA) is 140 Å². The van der Waals surface area contributed by atoms with E-state index in [2.05, 4.69) is 27.2 Å². The van der Waals surface area contributed by atoms with Crippen molar-refractivity contribution >= 4 is 57.6 Å². The second-order valence-electron chi connectivity index (χ2n) is 6.27. The van der Waals surface area contributed by atoms with Crippen LogP contribution in [-0.2, 0) is 16.0 Å². The number of ether oxygens (including phenoxy) is 2. The summed E-state index contributed by atoms with van der Waals surface area (Å²) in [6.07, 6.45) is 1.23. The molecule has 0 saturated carbocycles. The van der Waals surface area contributed by atoms with Crippen molar-refractivity contribution in [3.63, 3.8) is 0 Å². The van der Waals surface area contributed by atoms with Crippen molar-refractivity contribution < 1.29 is 19.1 Å². The molecule has 0 unspecified atom stereocenters. The van der Waals surface area contributed by atoms with Gasteiger partial charge in [-0.1, -0.05) is 30.1 Å². The first-order valence-electron chi connectivity index (χ1n) is 9.12. The second kappa shape index (κ2) is 9.96. The normalized spacial score (nSPS) is 11.0. The summed E-state index contributed by atoms with van der Waals surface area (Å²) in [4.78, 5) is 26.5. The molecule has 1 aromatic heterocycles. The molecule has 3 aromatic rings. The molecular formula is C21H15Cl2N5O4. The summed E-state index contributed by atoms with van der Waals surface area (Å²) in [5.74, 6) is -0.580. The number of halogens is 2. The van der Waals surface area contributed by atoms with Gasteiger partial charge in [-0.2, -0.15) is 10.4 Å². The fourth-order valence-corrected chi connectivity index (χ4v) is 3.33. The second-order valence-corrected chi connectivity index (χ2v) is 7.08. The lowest BCUT2D eigenvalue weighted by Crippen LogP contribution is -2.24. The zero-order valence-corrected chi connectivity index (χ0v) is 18.1. The molecule has 1 heterocycles. The Kier molecular flexibility index (Phi) is 7.10. The highest BCUT2D eigenvalue weighted by Gasteiger charge is 2.16. The molecule has 0 aliphatic carbocycles. The quantitative estimate of drug-likeness (QED) is 0.227. The number of hydrogen-bond acceptors (Lipinski definition) is 8. The Balaban J connectivity index is 1.84. The number of hydrazone groups is 1. The molecule has 1 amide bonds. The van der Waals surface area contributed by atoms with Crippen molar-refractivity contribution in [1.82, 2.24) is 4.98 Å². The molecule has 9 nitrogen and oxygen atoms in total. The Morgan fingerprint density at radius 2 is 1.94 bits per heavy atom. The van der Waals surface area contributed by atoms with E-state index < -0.39 is 17.8 Å². The van der Waals surface area contributed by atoms with Crippen molar-refractivity contribution in [3.05, 3.63) is 58.2 Å². The number of amides is 1. The number of fused-ring (bicyclic) bond motifs is 1. The number of hydrogen-bond donors (Lipinski definition) is 2. The number of benzene rings is 2. The number of pyridine rings is 1. The van der Waals surface area contributed by atoms with E-state index in [-0.39, 0.29) is 21.5 Å². The van der Waals surface area contributed by atoms with Gasteiger partial charge in [0, 0.05) is 11.6 Å². The lowest BCUT2D eigenvalue weighted by Gasteiger charge is -2.12. The van der Waals surface area contributed by atoms with Crippen LogP contribution in [0.15, 0.2) is 47.7 Å². The molecule has 0 aliphatic heterocycles. The van der Waals surface area contributed by atoms with Crippen molar-refractivity contribution in [2.24, 2.45) is 10.8 Å². The molecule has 162 valence electrons. The van der Waals surface area contributed by atoms with E-state index in [1.165, 1.54) is 18.2 Å². The minimum atomic E-state index is -1.36. The number of nitrogens with one attached hydrogen (secondary N) is 1. The van der Waals surface area contributed by atoms with Gasteiger partial charge >= 0.3 is 12.1 Å². The lowest BCUT2D eigenvalue weighted by molar-refractivity contribution is -0.129. The SMILES string of the molecule is CCc1ccnc2ccc(Oc3c(Cl)cc(NN=C(C#N)C(=O)OC(N)=O)cc3Cl)cc12. The Morgan fingerprint density at radius 1 is 1.22 bits per heavy atom. The average Bonchev–Trinajstić information content (AvgIpc) is 2.75. The first-order valence-corrected chi connectivity index (χ1v) is 9.88. The van der Waals surface area contributed by atoms with Crippen molar-refractivity contribution in [1.29, 1.82) is 5.26 Å². The predicted molar refractivity (Wildman–Crippen MR) is 120 cm³/mol. The number of rotatable bonds is 6. The predicted octanol–water partition coefficient (Wildman–Crippen LogP) is 4.81. The molecule has 0 saturated heterocycles. The molecular weight excluding hydrogens is 457 g/mol. The van der Waals surface area contributed by atoms with E-state index in [1.807, 2.05) is 18.2 Å². The maximum absolute atomic E-state index is 11.5. The van der Waals surface area contributed by atoms with Crippen LogP contribution in [-0.4, -0.2) is 22.8 Å². The number of nitriles is 1. The van der Waals surface area contributed by atoms with Gasteiger partial charge in [-0.3, -0.25) is 10.4 Å². The molecule has 11 heteroatoms. The average molecular weight is 472 g/mol. The fourth-order valence-electron chi connectivity index (χ4n) is 2.77. The van der Waals surface area contributed by atoms with Crippen molar-refractivity contribution in [2.45, 2.75) is 13.3 Å². The minimum absolute atomic E-state index is 0.149. The third-order valence-corrected chi connectivity index (χ3v) is 4.75. The van der Waals surface area contributed by atoms with E-state index in [1.54, 1.807) is 12.3 Å². The van der Waals surface area contributed by atoms with Gasteiger partial charge in [-0.25, -0.2) is 9.59 Å². The number of primary amides is 1. The summed E-state index contributed by atoms with van der Waals surface area (Å²) in [6.45, 7) is 2.05. The largest absolute Gasteiger partial charge is 0.454 e. The molecule has 0 atom stereocenters. The first-order chi connectivity index (χ1) is 15.3. The molecule has 0 aliphatic rings. The third kappa shape index (κ3) is 5.24. The zero-order valence-electron chi connectivity index (χ0n) is 16.6. The van der Waals surface area contributed by atoms with E-state index in [0.717, 1.165) is 22.9 Å². The number of aryl methyl sites for hydroxylation is 1. The first kappa shape index (κ1) is 22.8. The van der Waals surface area contributed by atoms with Gasteiger partial charge < -0.3 is 15.2 Å². The molecule has 3 rings (SSSR count). The highest BCUT2D eigenvalue weighted by molar-refractivity contribution is 6.44. The Bertz CT molecular complexity index is 1260. The summed E-state index contributed by atoms with van der Waals surface area (Å²) < 4.78 is 10.00. The fraction of sp³-hybridized carbons (Fsp3) is 0.0952. The van der Waals surface area contributed by atoms with Crippen LogP contribution in [0.4, 0.5) is 10.5 Å². The molecule has 2 aromatic carbocycles. The summed E-state index contributed by atoms with van der Waals surface area (Å²) in [5.41, 5.74) is 8.67. The highest BCUT2D eigenvalue weighted by atomic mass is 35.5. The van der Waals surface area contributed by atoms with E-state index in [4.69, 9.17) is 38.9 Å². The third-order valence-electron chi connectivity index (χ3n) is 4.19. The number of anilines is 1. The number of carbonyl (C=O) groups is 2. The van der Waals surface area contributed by atoms with Gasteiger partial charge in [0.25, 0.3) is 0 Å².